The third-order valence-electron chi connectivity index (χ3n) is 3.24. The first-order chi connectivity index (χ1) is 8.66. The molecule has 0 spiro atoms. The number of fused-ring (bicyclic) bond motifs is 1. The van der Waals surface area contributed by atoms with Crippen LogP contribution in [0.1, 0.15) is 29.8 Å². The maximum Gasteiger partial charge on any atom is 0.323 e. The summed E-state index contributed by atoms with van der Waals surface area (Å²) in [5.74, 6) is -3.49. The van der Waals surface area contributed by atoms with Crippen LogP contribution in [-0.4, -0.2) is 19.0 Å². The topological polar surface area (TPSA) is 9.23 Å². The molecular formula is C13H13BrF4O. The van der Waals surface area contributed by atoms with E-state index in [-0.39, 0.29) is 11.0 Å². The van der Waals surface area contributed by atoms with Gasteiger partial charge in [-0.3, -0.25) is 0 Å². The van der Waals surface area contributed by atoms with Crippen molar-refractivity contribution in [1.82, 2.24) is 0 Å². The molecule has 1 unspecified atom stereocenters. The van der Waals surface area contributed by atoms with Gasteiger partial charge in [-0.2, -0.15) is 8.78 Å². The number of rotatable bonds is 3. The van der Waals surface area contributed by atoms with Crippen molar-refractivity contribution in [3.63, 3.8) is 0 Å². The summed E-state index contributed by atoms with van der Waals surface area (Å²) in [5, 5.41) is 0. The van der Waals surface area contributed by atoms with Gasteiger partial charge in [0.25, 0.3) is 0 Å². The Morgan fingerprint density at radius 2 is 1.95 bits per heavy atom. The monoisotopic (exact) mass is 340 g/mol. The van der Waals surface area contributed by atoms with Gasteiger partial charge < -0.3 is 4.74 Å². The fourth-order valence-electron chi connectivity index (χ4n) is 2.03. The van der Waals surface area contributed by atoms with E-state index < -0.39 is 17.2 Å². The van der Waals surface area contributed by atoms with Crippen LogP contribution in [0.4, 0.5) is 17.6 Å². The summed E-state index contributed by atoms with van der Waals surface area (Å²) in [6.07, 6.45) is -3.71. The quantitative estimate of drug-likeness (QED) is 0.572. The van der Waals surface area contributed by atoms with E-state index in [4.69, 9.17) is 4.74 Å². The van der Waals surface area contributed by atoms with Crippen molar-refractivity contribution >= 4 is 15.9 Å². The predicted octanol–water partition coefficient (Wildman–Crippen LogP) is 4.69. The molecule has 1 aliphatic rings. The molecule has 0 radical (unpaired) electrons. The molecule has 106 valence electrons. The van der Waals surface area contributed by atoms with Gasteiger partial charge in [0.15, 0.2) is 0 Å². The summed E-state index contributed by atoms with van der Waals surface area (Å²) in [4.78, 5) is -1.72. The maximum absolute atomic E-state index is 13.3. The first-order valence-corrected chi connectivity index (χ1v) is 6.65. The van der Waals surface area contributed by atoms with Crippen molar-refractivity contribution in [1.29, 1.82) is 0 Å². The van der Waals surface area contributed by atoms with E-state index in [1.165, 1.54) is 12.1 Å². The van der Waals surface area contributed by atoms with Gasteiger partial charge in [0.2, 0.25) is 0 Å². The number of halogens is 5. The van der Waals surface area contributed by atoms with Gasteiger partial charge in [-0.1, -0.05) is 41.9 Å². The second-order valence-electron chi connectivity index (χ2n) is 5.27. The number of benzene rings is 1. The lowest BCUT2D eigenvalue weighted by Crippen LogP contribution is -2.31. The molecule has 1 aromatic rings. The molecule has 0 saturated carbocycles. The maximum atomic E-state index is 13.3. The second kappa shape index (κ2) is 4.65. The van der Waals surface area contributed by atoms with E-state index in [0.717, 1.165) is 5.56 Å². The van der Waals surface area contributed by atoms with Gasteiger partial charge in [-0.05, 0) is 11.6 Å². The number of ether oxygens (including phenoxy) is 1. The van der Waals surface area contributed by atoms with Crippen LogP contribution in [0.15, 0.2) is 18.2 Å². The molecule has 0 saturated heterocycles. The minimum atomic E-state index is -4.11. The summed E-state index contributed by atoms with van der Waals surface area (Å²) in [7, 11) is 0. The fraction of sp³-hybridized carbons (Fsp3) is 0.538. The van der Waals surface area contributed by atoms with Gasteiger partial charge in [-0.25, -0.2) is 8.78 Å². The predicted molar refractivity (Wildman–Crippen MR) is 67.6 cm³/mol. The minimum absolute atomic E-state index is 0.127. The summed E-state index contributed by atoms with van der Waals surface area (Å²) in [6, 6.07) is 4.45. The molecule has 0 fully saturated rings. The molecule has 1 aliphatic heterocycles. The SMILES string of the molecule is CC1(C)COc2ccc(C(Br)C(F)(F)C(F)F)cc21. The van der Waals surface area contributed by atoms with E-state index in [2.05, 4.69) is 15.9 Å². The van der Waals surface area contributed by atoms with E-state index in [0.29, 0.717) is 12.4 Å². The smallest absolute Gasteiger partial charge is 0.323 e. The van der Waals surface area contributed by atoms with Crippen LogP contribution < -0.4 is 4.74 Å². The number of alkyl halides is 5. The van der Waals surface area contributed by atoms with Crippen LogP contribution in [0.5, 0.6) is 5.75 Å². The Bertz CT molecular complexity index is 488. The van der Waals surface area contributed by atoms with Crippen LogP contribution in [0.25, 0.3) is 0 Å². The summed E-state index contributed by atoms with van der Waals surface area (Å²) >= 11 is 2.68. The lowest BCUT2D eigenvalue weighted by atomic mass is 9.85. The summed E-state index contributed by atoms with van der Waals surface area (Å²) in [5.41, 5.74) is 0.584. The molecule has 0 bridgehead atoms. The Hall–Kier alpha value is -0.780. The molecule has 0 amide bonds. The molecule has 1 nitrogen and oxygen atoms in total. The van der Waals surface area contributed by atoms with Crippen molar-refractivity contribution in [3.8, 4) is 5.75 Å². The minimum Gasteiger partial charge on any atom is -0.492 e. The Morgan fingerprint density at radius 3 is 2.53 bits per heavy atom. The third kappa shape index (κ3) is 2.47. The van der Waals surface area contributed by atoms with Gasteiger partial charge in [-0.15, -0.1) is 0 Å². The molecule has 6 heteroatoms. The first-order valence-electron chi connectivity index (χ1n) is 5.73. The zero-order valence-corrected chi connectivity index (χ0v) is 12.0. The van der Waals surface area contributed by atoms with Crippen molar-refractivity contribution in [2.24, 2.45) is 0 Å². The van der Waals surface area contributed by atoms with Crippen molar-refractivity contribution in [2.75, 3.05) is 6.61 Å². The van der Waals surface area contributed by atoms with Crippen LogP contribution in [0.3, 0.4) is 0 Å². The molecule has 0 aliphatic carbocycles. The van der Waals surface area contributed by atoms with Crippen molar-refractivity contribution in [3.05, 3.63) is 29.3 Å². The molecule has 0 N–H and O–H groups in total. The molecule has 2 rings (SSSR count). The van der Waals surface area contributed by atoms with Crippen molar-refractivity contribution in [2.45, 2.75) is 36.4 Å². The molecule has 1 aromatic carbocycles. The molecule has 1 heterocycles. The van der Waals surface area contributed by atoms with E-state index in [9.17, 15) is 17.6 Å². The third-order valence-corrected chi connectivity index (χ3v) is 4.38. The second-order valence-corrected chi connectivity index (χ2v) is 6.18. The summed E-state index contributed by atoms with van der Waals surface area (Å²) in [6.45, 7) is 4.28. The van der Waals surface area contributed by atoms with Gasteiger partial charge in [0.1, 0.15) is 10.6 Å². The first kappa shape index (κ1) is 14.6. The fourth-order valence-corrected chi connectivity index (χ4v) is 2.51. The van der Waals surface area contributed by atoms with E-state index >= 15 is 0 Å². The lowest BCUT2D eigenvalue weighted by molar-refractivity contribution is -0.127. The Kier molecular flexibility index (Phi) is 3.58. The normalized spacial score (nSPS) is 19.2. The molecule has 1 atom stereocenters. The summed E-state index contributed by atoms with van der Waals surface area (Å²) < 4.78 is 56.9. The van der Waals surface area contributed by atoms with E-state index in [1.54, 1.807) is 6.07 Å². The van der Waals surface area contributed by atoms with Crippen molar-refractivity contribution < 1.29 is 22.3 Å². The highest BCUT2D eigenvalue weighted by atomic mass is 79.9. The Labute approximate surface area is 117 Å². The largest absolute Gasteiger partial charge is 0.492 e. The van der Waals surface area contributed by atoms with Crippen LogP contribution >= 0.6 is 15.9 Å². The lowest BCUT2D eigenvalue weighted by Gasteiger charge is -2.23. The average molecular weight is 341 g/mol. The molecular weight excluding hydrogens is 328 g/mol. The Balaban J connectivity index is 2.38. The highest BCUT2D eigenvalue weighted by Gasteiger charge is 2.48. The van der Waals surface area contributed by atoms with Gasteiger partial charge in [0.05, 0.1) is 6.61 Å². The average Bonchev–Trinajstić information content (AvgIpc) is 2.64. The van der Waals surface area contributed by atoms with Gasteiger partial charge >= 0.3 is 12.3 Å². The van der Waals surface area contributed by atoms with Crippen LogP contribution in [-0.2, 0) is 5.41 Å². The van der Waals surface area contributed by atoms with Crippen LogP contribution in [0.2, 0.25) is 0 Å². The molecule has 0 aromatic heterocycles. The zero-order valence-electron chi connectivity index (χ0n) is 10.4. The highest BCUT2D eigenvalue weighted by molar-refractivity contribution is 9.09. The molecule has 19 heavy (non-hydrogen) atoms. The van der Waals surface area contributed by atoms with Crippen LogP contribution in [0, 0.1) is 0 Å². The number of hydrogen-bond donors (Lipinski definition) is 0. The van der Waals surface area contributed by atoms with E-state index in [1.807, 2.05) is 13.8 Å². The van der Waals surface area contributed by atoms with Gasteiger partial charge in [0, 0.05) is 11.0 Å². The highest BCUT2D eigenvalue weighted by Crippen LogP contribution is 2.46. The number of hydrogen-bond acceptors (Lipinski definition) is 1. The Morgan fingerprint density at radius 1 is 1.32 bits per heavy atom. The standard InChI is InChI=1S/C13H13BrF4O/c1-12(2)6-19-9-4-3-7(5-8(9)12)10(14)13(17,18)11(15)16/h3-5,10-11H,6H2,1-2H3. The zero-order chi connectivity index (χ0) is 14.4.